The van der Waals surface area contributed by atoms with Crippen molar-refractivity contribution in [3.63, 3.8) is 0 Å². The molecule has 3 N–H and O–H groups in total. The average molecular weight is 313 g/mol. The molecule has 1 fully saturated rings. The first-order valence-electron chi connectivity index (χ1n) is 7.07. The third-order valence-electron chi connectivity index (χ3n) is 3.51. The van der Waals surface area contributed by atoms with Gasteiger partial charge in [-0.3, -0.25) is 0 Å². The number of aliphatic hydroxyl groups is 1. The zero-order valence-electron chi connectivity index (χ0n) is 12.0. The molecule has 0 aliphatic heterocycles. The van der Waals surface area contributed by atoms with Gasteiger partial charge in [-0.2, -0.15) is 0 Å². The lowest BCUT2D eigenvalue weighted by atomic mass is 10.1. The highest BCUT2D eigenvalue weighted by Crippen LogP contribution is 2.41. The Labute approximate surface area is 129 Å². The number of carbonyl (C=O) groups is 1. The van der Waals surface area contributed by atoms with E-state index in [1.165, 1.54) is 7.11 Å². The van der Waals surface area contributed by atoms with Gasteiger partial charge in [-0.15, -0.1) is 0 Å². The number of urea groups is 1. The maximum absolute atomic E-state index is 11.7. The molecule has 3 unspecified atom stereocenters. The van der Waals surface area contributed by atoms with E-state index >= 15 is 0 Å². The fourth-order valence-electron chi connectivity index (χ4n) is 2.31. The van der Waals surface area contributed by atoms with Gasteiger partial charge in [0.25, 0.3) is 0 Å². The van der Waals surface area contributed by atoms with Gasteiger partial charge in [0, 0.05) is 30.6 Å². The lowest BCUT2D eigenvalue weighted by Crippen LogP contribution is -2.38. The molecule has 116 valence electrons. The lowest BCUT2D eigenvalue weighted by Gasteiger charge is -2.11. The first-order valence-corrected chi connectivity index (χ1v) is 7.44. The lowest BCUT2D eigenvalue weighted by molar-refractivity contribution is 0.0598. The molecule has 3 atom stereocenters. The second kappa shape index (κ2) is 7.64. The third kappa shape index (κ3) is 5.19. The Hall–Kier alpha value is -1.30. The predicted molar refractivity (Wildman–Crippen MR) is 81.6 cm³/mol. The van der Waals surface area contributed by atoms with Crippen molar-refractivity contribution < 1.29 is 14.6 Å². The van der Waals surface area contributed by atoms with Crippen molar-refractivity contribution in [2.45, 2.75) is 30.9 Å². The minimum Gasteiger partial charge on any atom is -0.391 e. The van der Waals surface area contributed by atoms with Gasteiger partial charge in [0.2, 0.25) is 0 Å². The van der Waals surface area contributed by atoms with E-state index in [4.69, 9.17) is 16.3 Å². The molecule has 1 aromatic rings. The van der Waals surface area contributed by atoms with Crippen molar-refractivity contribution in [1.82, 2.24) is 10.6 Å². The highest BCUT2D eigenvalue weighted by Gasteiger charge is 2.39. The van der Waals surface area contributed by atoms with E-state index < -0.39 is 6.10 Å². The number of halogens is 1. The van der Waals surface area contributed by atoms with Gasteiger partial charge in [0.15, 0.2) is 0 Å². The number of amides is 2. The number of aliphatic hydroxyl groups excluding tert-OH is 1. The number of benzene rings is 1. The molecule has 21 heavy (non-hydrogen) atoms. The minimum absolute atomic E-state index is 0.160. The molecular weight excluding hydrogens is 292 g/mol. The fourth-order valence-corrected chi connectivity index (χ4v) is 2.51. The van der Waals surface area contributed by atoms with Crippen LogP contribution in [-0.4, -0.2) is 43.5 Å². The van der Waals surface area contributed by atoms with Crippen molar-refractivity contribution >= 4 is 17.6 Å². The summed E-state index contributed by atoms with van der Waals surface area (Å²) in [5, 5.41) is 15.8. The molecule has 1 aromatic carbocycles. The smallest absolute Gasteiger partial charge is 0.315 e. The van der Waals surface area contributed by atoms with Gasteiger partial charge in [0.05, 0.1) is 12.7 Å². The molecule has 2 amide bonds. The normalized spacial score (nSPS) is 21.7. The zero-order valence-corrected chi connectivity index (χ0v) is 12.8. The zero-order chi connectivity index (χ0) is 15.2. The van der Waals surface area contributed by atoms with Gasteiger partial charge >= 0.3 is 6.03 Å². The Morgan fingerprint density at radius 3 is 3.10 bits per heavy atom. The number of ether oxygens (including phenoxy) is 1. The average Bonchev–Trinajstić information content (AvgIpc) is 3.18. The Morgan fingerprint density at radius 1 is 1.57 bits per heavy atom. The summed E-state index contributed by atoms with van der Waals surface area (Å²) < 4.78 is 4.82. The van der Waals surface area contributed by atoms with Gasteiger partial charge in [-0.05, 0) is 30.5 Å². The number of hydrogen-bond donors (Lipinski definition) is 3. The van der Waals surface area contributed by atoms with Crippen LogP contribution < -0.4 is 10.6 Å². The van der Waals surface area contributed by atoms with Gasteiger partial charge in [-0.25, -0.2) is 4.79 Å². The van der Waals surface area contributed by atoms with E-state index in [1.807, 2.05) is 24.3 Å². The van der Waals surface area contributed by atoms with Crippen LogP contribution >= 0.6 is 11.6 Å². The molecular formula is C15H21ClN2O3. The topological polar surface area (TPSA) is 70.6 Å². The Balaban J connectivity index is 1.66. The fraction of sp³-hybridized carbons (Fsp3) is 0.533. The van der Waals surface area contributed by atoms with Crippen LogP contribution in [0.5, 0.6) is 0 Å². The van der Waals surface area contributed by atoms with Crippen molar-refractivity contribution in [2.24, 2.45) is 0 Å². The summed E-state index contributed by atoms with van der Waals surface area (Å²) in [6.07, 6.45) is 0.861. The van der Waals surface area contributed by atoms with E-state index in [0.29, 0.717) is 18.9 Å². The SMILES string of the molecule is COCC(O)CCNC(=O)NC1CC1c1cccc(Cl)c1. The van der Waals surface area contributed by atoms with Crippen molar-refractivity contribution in [2.75, 3.05) is 20.3 Å². The molecule has 1 saturated carbocycles. The minimum atomic E-state index is -0.546. The first kappa shape index (κ1) is 16.1. The van der Waals surface area contributed by atoms with E-state index in [-0.39, 0.29) is 18.7 Å². The predicted octanol–water partition coefficient (Wildman–Crippen LogP) is 1.89. The molecule has 0 heterocycles. The van der Waals surface area contributed by atoms with Gasteiger partial charge in [0.1, 0.15) is 0 Å². The van der Waals surface area contributed by atoms with Crippen LogP contribution in [0.3, 0.4) is 0 Å². The molecule has 1 aliphatic rings. The Kier molecular flexibility index (Phi) is 5.85. The van der Waals surface area contributed by atoms with Crippen molar-refractivity contribution in [1.29, 1.82) is 0 Å². The Bertz CT molecular complexity index is 484. The number of methoxy groups -OCH3 is 1. The van der Waals surface area contributed by atoms with Crippen LogP contribution in [0.4, 0.5) is 4.79 Å². The van der Waals surface area contributed by atoms with E-state index in [1.54, 1.807) is 0 Å². The molecule has 1 aliphatic carbocycles. The standard InChI is InChI=1S/C15H21ClN2O3/c1-21-9-12(19)5-6-17-15(20)18-14-8-13(14)10-3-2-4-11(16)7-10/h2-4,7,12-14,19H,5-6,8-9H2,1H3,(H2,17,18,20). The van der Waals surface area contributed by atoms with Crippen LogP contribution in [0.25, 0.3) is 0 Å². The van der Waals surface area contributed by atoms with Crippen molar-refractivity contribution in [3.8, 4) is 0 Å². The molecule has 0 bridgehead atoms. The van der Waals surface area contributed by atoms with Crippen LogP contribution in [0.15, 0.2) is 24.3 Å². The molecule has 0 saturated heterocycles. The van der Waals surface area contributed by atoms with E-state index in [2.05, 4.69) is 10.6 Å². The maximum Gasteiger partial charge on any atom is 0.315 e. The summed E-state index contributed by atoms with van der Waals surface area (Å²) >= 11 is 5.96. The van der Waals surface area contributed by atoms with Crippen LogP contribution in [0, 0.1) is 0 Å². The highest BCUT2D eigenvalue weighted by atomic mass is 35.5. The van der Waals surface area contributed by atoms with Crippen molar-refractivity contribution in [3.05, 3.63) is 34.9 Å². The van der Waals surface area contributed by atoms with Gasteiger partial charge in [-0.1, -0.05) is 23.7 Å². The number of carbonyl (C=O) groups excluding carboxylic acids is 1. The monoisotopic (exact) mass is 312 g/mol. The summed E-state index contributed by atoms with van der Waals surface area (Å²) in [6, 6.07) is 7.68. The summed E-state index contributed by atoms with van der Waals surface area (Å²) in [6.45, 7) is 0.702. The second-order valence-corrected chi connectivity index (χ2v) is 5.74. The highest BCUT2D eigenvalue weighted by molar-refractivity contribution is 6.30. The third-order valence-corrected chi connectivity index (χ3v) is 3.74. The van der Waals surface area contributed by atoms with Crippen LogP contribution in [0.1, 0.15) is 24.3 Å². The Morgan fingerprint density at radius 2 is 2.38 bits per heavy atom. The molecule has 5 nitrogen and oxygen atoms in total. The number of nitrogens with one attached hydrogen (secondary N) is 2. The summed E-state index contributed by atoms with van der Waals surface area (Å²) in [5.74, 6) is 0.341. The molecule has 2 rings (SSSR count). The van der Waals surface area contributed by atoms with Crippen LogP contribution in [-0.2, 0) is 4.74 Å². The molecule has 0 aromatic heterocycles. The quantitative estimate of drug-likeness (QED) is 0.720. The summed E-state index contributed by atoms with van der Waals surface area (Å²) in [5.41, 5.74) is 1.16. The number of hydrogen-bond acceptors (Lipinski definition) is 3. The summed E-state index contributed by atoms with van der Waals surface area (Å²) in [4.78, 5) is 11.7. The summed E-state index contributed by atoms with van der Waals surface area (Å²) in [7, 11) is 1.53. The largest absolute Gasteiger partial charge is 0.391 e. The van der Waals surface area contributed by atoms with E-state index in [9.17, 15) is 9.90 Å². The molecule has 0 radical (unpaired) electrons. The van der Waals surface area contributed by atoms with Gasteiger partial charge < -0.3 is 20.5 Å². The molecule has 6 heteroatoms. The maximum atomic E-state index is 11.7. The number of rotatable bonds is 7. The van der Waals surface area contributed by atoms with Crippen LogP contribution in [0.2, 0.25) is 5.02 Å². The second-order valence-electron chi connectivity index (χ2n) is 5.30. The molecule has 0 spiro atoms. The van der Waals surface area contributed by atoms with E-state index in [0.717, 1.165) is 17.0 Å². The first-order chi connectivity index (χ1) is 10.1.